The van der Waals surface area contributed by atoms with Crippen molar-refractivity contribution in [3.05, 3.63) is 42.5 Å². The van der Waals surface area contributed by atoms with E-state index in [0.717, 1.165) is 11.4 Å². The lowest BCUT2D eigenvalue weighted by atomic mass is 10.3. The summed E-state index contributed by atoms with van der Waals surface area (Å²) in [6.07, 6.45) is 2.75. The smallest absolute Gasteiger partial charge is 0.412 e. The predicted molar refractivity (Wildman–Crippen MR) is 70.9 cm³/mol. The summed E-state index contributed by atoms with van der Waals surface area (Å²) in [6.45, 7) is 2.66. The minimum absolute atomic E-state index is 0.328. The van der Waals surface area contributed by atoms with E-state index in [0.29, 0.717) is 19.0 Å². The first kappa shape index (κ1) is 12.9. The SMILES string of the molecule is CCOC(=O)Nc1ccc(NCc2ccco2)cn1. The van der Waals surface area contributed by atoms with E-state index in [2.05, 4.69) is 15.6 Å². The number of ether oxygens (including phenoxy) is 1. The van der Waals surface area contributed by atoms with E-state index < -0.39 is 6.09 Å². The topological polar surface area (TPSA) is 76.4 Å². The molecule has 2 heterocycles. The standard InChI is InChI=1S/C13H15N3O3/c1-2-18-13(17)16-12-6-5-10(8-15-12)14-9-11-4-3-7-19-11/h3-8,14H,2,9H2,1H3,(H,15,16,17). The molecule has 0 saturated heterocycles. The van der Waals surface area contributed by atoms with Crippen molar-refractivity contribution >= 4 is 17.6 Å². The maximum Gasteiger partial charge on any atom is 0.412 e. The molecule has 2 aromatic heterocycles. The number of anilines is 2. The molecule has 0 bridgehead atoms. The highest BCUT2D eigenvalue weighted by atomic mass is 16.5. The second-order valence-corrected chi connectivity index (χ2v) is 3.71. The number of pyridine rings is 1. The van der Waals surface area contributed by atoms with Crippen LogP contribution in [0.4, 0.5) is 16.3 Å². The van der Waals surface area contributed by atoms with Crippen molar-refractivity contribution in [1.82, 2.24) is 4.98 Å². The lowest BCUT2D eigenvalue weighted by Gasteiger charge is -2.06. The normalized spacial score (nSPS) is 9.95. The van der Waals surface area contributed by atoms with Crippen LogP contribution >= 0.6 is 0 Å². The number of aromatic nitrogens is 1. The Morgan fingerprint density at radius 2 is 2.32 bits per heavy atom. The highest BCUT2D eigenvalue weighted by Crippen LogP contribution is 2.11. The van der Waals surface area contributed by atoms with E-state index in [1.54, 1.807) is 25.5 Å². The number of furan rings is 1. The summed E-state index contributed by atoms with van der Waals surface area (Å²) in [6, 6.07) is 7.23. The Balaban J connectivity index is 1.85. The van der Waals surface area contributed by atoms with Crippen LogP contribution in [0, 0.1) is 0 Å². The van der Waals surface area contributed by atoms with Gasteiger partial charge < -0.3 is 14.5 Å². The van der Waals surface area contributed by atoms with Crippen LogP contribution in [0.1, 0.15) is 12.7 Å². The van der Waals surface area contributed by atoms with Gasteiger partial charge in [-0.2, -0.15) is 0 Å². The molecule has 2 rings (SSSR count). The molecule has 0 aliphatic carbocycles. The molecule has 0 radical (unpaired) electrons. The van der Waals surface area contributed by atoms with Gasteiger partial charge in [0.15, 0.2) is 0 Å². The average Bonchev–Trinajstić information content (AvgIpc) is 2.91. The molecule has 0 aliphatic heterocycles. The van der Waals surface area contributed by atoms with Crippen LogP contribution in [0.25, 0.3) is 0 Å². The second-order valence-electron chi connectivity index (χ2n) is 3.71. The van der Waals surface area contributed by atoms with Crippen LogP contribution in [-0.4, -0.2) is 17.7 Å². The number of amides is 1. The summed E-state index contributed by atoms with van der Waals surface area (Å²) < 4.78 is 9.96. The number of carbonyl (C=O) groups excluding carboxylic acids is 1. The van der Waals surface area contributed by atoms with Gasteiger partial charge in [0, 0.05) is 0 Å². The van der Waals surface area contributed by atoms with Crippen LogP contribution in [0.5, 0.6) is 0 Å². The van der Waals surface area contributed by atoms with E-state index >= 15 is 0 Å². The molecule has 0 atom stereocenters. The van der Waals surface area contributed by atoms with Gasteiger partial charge in [-0.05, 0) is 31.2 Å². The number of hydrogen-bond donors (Lipinski definition) is 2. The molecule has 0 saturated carbocycles. The molecule has 0 aromatic carbocycles. The number of nitrogens with zero attached hydrogens (tertiary/aromatic N) is 1. The zero-order valence-electron chi connectivity index (χ0n) is 10.6. The first-order valence-corrected chi connectivity index (χ1v) is 5.94. The zero-order chi connectivity index (χ0) is 13.5. The molecule has 1 amide bonds. The summed E-state index contributed by atoms with van der Waals surface area (Å²) >= 11 is 0. The summed E-state index contributed by atoms with van der Waals surface area (Å²) in [7, 11) is 0. The van der Waals surface area contributed by atoms with Crippen LogP contribution in [0.2, 0.25) is 0 Å². The van der Waals surface area contributed by atoms with Crippen molar-refractivity contribution < 1.29 is 13.9 Å². The second kappa shape index (κ2) is 6.44. The van der Waals surface area contributed by atoms with Crippen LogP contribution in [0.15, 0.2) is 41.1 Å². The van der Waals surface area contributed by atoms with E-state index in [4.69, 9.17) is 9.15 Å². The quantitative estimate of drug-likeness (QED) is 0.865. The van der Waals surface area contributed by atoms with Gasteiger partial charge in [-0.3, -0.25) is 5.32 Å². The third kappa shape index (κ3) is 4.02. The summed E-state index contributed by atoms with van der Waals surface area (Å²) in [5.74, 6) is 1.29. The molecule has 2 N–H and O–H groups in total. The molecule has 6 nitrogen and oxygen atoms in total. The highest BCUT2D eigenvalue weighted by molar-refractivity contribution is 5.83. The summed E-state index contributed by atoms with van der Waals surface area (Å²) in [5, 5.41) is 5.67. The van der Waals surface area contributed by atoms with Crippen LogP contribution in [-0.2, 0) is 11.3 Å². The summed E-state index contributed by atoms with van der Waals surface area (Å²) in [4.78, 5) is 15.3. The maximum absolute atomic E-state index is 11.2. The minimum Gasteiger partial charge on any atom is -0.467 e. The van der Waals surface area contributed by atoms with E-state index in [1.807, 2.05) is 18.2 Å². The molecule has 100 valence electrons. The molecule has 2 aromatic rings. The Bertz CT molecular complexity index is 508. The molecular weight excluding hydrogens is 246 g/mol. The van der Waals surface area contributed by atoms with Gasteiger partial charge in [0.25, 0.3) is 0 Å². The first-order chi connectivity index (χ1) is 9.28. The Hall–Kier alpha value is -2.50. The van der Waals surface area contributed by atoms with E-state index in [-0.39, 0.29) is 0 Å². The fourth-order valence-corrected chi connectivity index (χ4v) is 1.45. The van der Waals surface area contributed by atoms with Crippen LogP contribution < -0.4 is 10.6 Å². The fraction of sp³-hybridized carbons (Fsp3) is 0.231. The van der Waals surface area contributed by atoms with Crippen molar-refractivity contribution in [3.63, 3.8) is 0 Å². The fourth-order valence-electron chi connectivity index (χ4n) is 1.45. The molecule has 0 aliphatic rings. The average molecular weight is 261 g/mol. The van der Waals surface area contributed by atoms with Crippen molar-refractivity contribution in [2.45, 2.75) is 13.5 Å². The van der Waals surface area contributed by atoms with Gasteiger partial charge in [0.2, 0.25) is 0 Å². The predicted octanol–water partition coefficient (Wildman–Crippen LogP) is 2.86. The van der Waals surface area contributed by atoms with E-state index in [9.17, 15) is 4.79 Å². The number of nitrogens with one attached hydrogen (secondary N) is 2. The van der Waals surface area contributed by atoms with Crippen molar-refractivity contribution in [3.8, 4) is 0 Å². The lowest BCUT2D eigenvalue weighted by molar-refractivity contribution is 0.168. The summed E-state index contributed by atoms with van der Waals surface area (Å²) in [5.41, 5.74) is 0.839. The third-order valence-corrected chi connectivity index (χ3v) is 2.32. The Morgan fingerprint density at radius 3 is 2.95 bits per heavy atom. The molecule has 19 heavy (non-hydrogen) atoms. The molecule has 0 fully saturated rings. The van der Waals surface area contributed by atoms with Gasteiger partial charge in [-0.1, -0.05) is 0 Å². The molecule has 6 heteroatoms. The number of hydrogen-bond acceptors (Lipinski definition) is 5. The van der Waals surface area contributed by atoms with Crippen molar-refractivity contribution in [2.24, 2.45) is 0 Å². The Morgan fingerprint density at radius 1 is 1.42 bits per heavy atom. The number of rotatable bonds is 5. The lowest BCUT2D eigenvalue weighted by Crippen LogP contribution is -2.14. The highest BCUT2D eigenvalue weighted by Gasteiger charge is 2.03. The van der Waals surface area contributed by atoms with Gasteiger partial charge in [-0.15, -0.1) is 0 Å². The Kier molecular flexibility index (Phi) is 4.39. The molecule has 0 spiro atoms. The first-order valence-electron chi connectivity index (χ1n) is 5.94. The molecular formula is C13H15N3O3. The minimum atomic E-state index is -0.508. The molecule has 0 unspecified atom stereocenters. The van der Waals surface area contributed by atoms with Gasteiger partial charge >= 0.3 is 6.09 Å². The van der Waals surface area contributed by atoms with Crippen molar-refractivity contribution in [1.29, 1.82) is 0 Å². The monoisotopic (exact) mass is 261 g/mol. The van der Waals surface area contributed by atoms with Gasteiger partial charge in [0.05, 0.1) is 31.3 Å². The van der Waals surface area contributed by atoms with Crippen LogP contribution in [0.3, 0.4) is 0 Å². The van der Waals surface area contributed by atoms with Gasteiger partial charge in [0.1, 0.15) is 11.6 Å². The van der Waals surface area contributed by atoms with Crippen molar-refractivity contribution in [2.75, 3.05) is 17.2 Å². The van der Waals surface area contributed by atoms with E-state index in [1.165, 1.54) is 0 Å². The maximum atomic E-state index is 11.2. The zero-order valence-corrected chi connectivity index (χ0v) is 10.6. The third-order valence-electron chi connectivity index (χ3n) is 2.32. The van der Waals surface area contributed by atoms with Gasteiger partial charge in [-0.25, -0.2) is 9.78 Å². The largest absolute Gasteiger partial charge is 0.467 e. The Labute approximate surface area is 110 Å². The number of carbonyl (C=O) groups is 1.